The molecule has 1 fully saturated rings. The first-order chi connectivity index (χ1) is 12.9. The Morgan fingerprint density at radius 1 is 1.48 bits per heavy atom. The Morgan fingerprint density at radius 2 is 2.26 bits per heavy atom. The van der Waals surface area contributed by atoms with Gasteiger partial charge >= 0.3 is 0 Å². The van der Waals surface area contributed by atoms with Gasteiger partial charge in [-0.3, -0.25) is 9.59 Å². The molecule has 2 amide bonds. The number of likely N-dealkylation sites (N-methyl/N-ethyl adjacent to an activating group) is 1. The minimum Gasteiger partial charge on any atom is -0.495 e. The van der Waals surface area contributed by atoms with Crippen molar-refractivity contribution in [1.82, 2.24) is 15.0 Å². The Bertz CT molecular complexity index is 854. The number of rotatable bonds is 6. The maximum atomic E-state index is 12.7. The quantitative estimate of drug-likeness (QED) is 0.747. The van der Waals surface area contributed by atoms with Gasteiger partial charge in [-0.2, -0.15) is 4.98 Å². The molecule has 0 aliphatic carbocycles. The molecule has 1 atom stereocenters. The van der Waals surface area contributed by atoms with E-state index in [1.807, 2.05) is 0 Å². The second-order valence-corrected chi connectivity index (χ2v) is 6.87. The average molecular weight is 393 g/mol. The number of benzene rings is 1. The third kappa shape index (κ3) is 4.21. The van der Waals surface area contributed by atoms with Crippen molar-refractivity contribution in [2.24, 2.45) is 5.92 Å². The molecule has 1 aromatic heterocycles. The summed E-state index contributed by atoms with van der Waals surface area (Å²) in [5.74, 6) is 1.02. The minimum atomic E-state index is -0.393. The summed E-state index contributed by atoms with van der Waals surface area (Å²) in [6.45, 7) is 2.50. The molecule has 1 aliphatic rings. The molecule has 9 heteroatoms. The maximum absolute atomic E-state index is 12.7. The molecule has 0 spiro atoms. The van der Waals surface area contributed by atoms with Crippen LogP contribution in [-0.2, 0) is 16.0 Å². The van der Waals surface area contributed by atoms with Gasteiger partial charge in [0.15, 0.2) is 5.82 Å². The molecule has 144 valence electrons. The van der Waals surface area contributed by atoms with Crippen LogP contribution in [0.1, 0.15) is 18.1 Å². The zero-order valence-electron chi connectivity index (χ0n) is 15.4. The Labute approximate surface area is 162 Å². The van der Waals surface area contributed by atoms with Crippen LogP contribution in [0.2, 0.25) is 5.02 Å². The largest absolute Gasteiger partial charge is 0.495 e. The number of aryl methyl sites for hydroxylation is 1. The van der Waals surface area contributed by atoms with Crippen LogP contribution in [0.25, 0.3) is 0 Å². The summed E-state index contributed by atoms with van der Waals surface area (Å²) in [4.78, 5) is 32.4. The first-order valence-electron chi connectivity index (χ1n) is 8.57. The van der Waals surface area contributed by atoms with Crippen molar-refractivity contribution in [3.8, 4) is 5.75 Å². The second-order valence-electron chi connectivity index (χ2n) is 6.46. The van der Waals surface area contributed by atoms with Crippen LogP contribution < -0.4 is 9.64 Å². The molecule has 3 rings (SSSR count). The fourth-order valence-corrected chi connectivity index (χ4v) is 3.33. The first kappa shape index (κ1) is 19.2. The molecular weight excluding hydrogens is 372 g/mol. The van der Waals surface area contributed by atoms with E-state index >= 15 is 0 Å². The van der Waals surface area contributed by atoms with Gasteiger partial charge in [-0.25, -0.2) is 0 Å². The van der Waals surface area contributed by atoms with E-state index in [1.54, 1.807) is 42.0 Å². The standard InChI is InChI=1S/C18H21ClN4O4/c1-11-20-16(21-27-11)6-7-22(2)18(25)12-8-17(24)23(10-12)13-4-5-15(26-3)14(19)9-13/h4-5,9,12H,6-8,10H2,1-3H3/t12-/m0/s1. The molecule has 2 aromatic rings. The monoisotopic (exact) mass is 392 g/mol. The van der Waals surface area contributed by atoms with E-state index in [1.165, 1.54) is 7.11 Å². The van der Waals surface area contributed by atoms with Crippen molar-refractivity contribution in [1.29, 1.82) is 0 Å². The number of ether oxygens (including phenoxy) is 1. The topological polar surface area (TPSA) is 88.8 Å². The molecular formula is C18H21ClN4O4. The SMILES string of the molecule is COc1ccc(N2C[C@@H](C(=O)N(C)CCc3noc(C)n3)CC2=O)cc1Cl. The third-order valence-electron chi connectivity index (χ3n) is 4.54. The first-order valence-corrected chi connectivity index (χ1v) is 8.95. The summed E-state index contributed by atoms with van der Waals surface area (Å²) >= 11 is 6.15. The van der Waals surface area contributed by atoms with E-state index in [9.17, 15) is 9.59 Å². The highest BCUT2D eigenvalue weighted by Crippen LogP contribution is 2.32. The zero-order valence-corrected chi connectivity index (χ0v) is 16.2. The summed E-state index contributed by atoms with van der Waals surface area (Å²) < 4.78 is 10.1. The van der Waals surface area contributed by atoms with Gasteiger partial charge in [0.05, 0.1) is 18.1 Å². The molecule has 0 N–H and O–H groups in total. The van der Waals surface area contributed by atoms with E-state index in [2.05, 4.69) is 10.1 Å². The zero-order chi connectivity index (χ0) is 19.6. The molecule has 27 heavy (non-hydrogen) atoms. The Kier molecular flexibility index (Phi) is 5.65. The molecule has 1 saturated heterocycles. The Balaban J connectivity index is 1.62. The van der Waals surface area contributed by atoms with E-state index in [4.69, 9.17) is 20.9 Å². The normalized spacial score (nSPS) is 16.7. The van der Waals surface area contributed by atoms with E-state index in [-0.39, 0.29) is 18.2 Å². The van der Waals surface area contributed by atoms with Crippen LogP contribution in [-0.4, -0.2) is 54.1 Å². The fraction of sp³-hybridized carbons (Fsp3) is 0.444. The summed E-state index contributed by atoms with van der Waals surface area (Å²) in [7, 11) is 3.25. The molecule has 0 bridgehead atoms. The molecule has 0 radical (unpaired) electrons. The van der Waals surface area contributed by atoms with E-state index in [0.29, 0.717) is 47.7 Å². The van der Waals surface area contributed by atoms with Gasteiger partial charge in [-0.15, -0.1) is 0 Å². The number of nitrogens with zero attached hydrogens (tertiary/aromatic N) is 4. The van der Waals surface area contributed by atoms with Crippen molar-refractivity contribution in [2.45, 2.75) is 19.8 Å². The predicted molar refractivity (Wildman–Crippen MR) is 98.8 cm³/mol. The van der Waals surface area contributed by atoms with Crippen LogP contribution in [0.5, 0.6) is 5.75 Å². The van der Waals surface area contributed by atoms with Crippen LogP contribution in [0.4, 0.5) is 5.69 Å². The Morgan fingerprint density at radius 3 is 2.89 bits per heavy atom. The number of carbonyl (C=O) groups excluding carboxylic acids is 2. The summed E-state index contributed by atoms with van der Waals surface area (Å²) in [5, 5.41) is 4.24. The van der Waals surface area contributed by atoms with Crippen molar-refractivity contribution in [2.75, 3.05) is 32.1 Å². The minimum absolute atomic E-state index is 0.0781. The Hall–Kier alpha value is -2.61. The molecule has 1 aliphatic heterocycles. The summed E-state index contributed by atoms with van der Waals surface area (Å²) in [5.41, 5.74) is 0.658. The van der Waals surface area contributed by atoms with Crippen molar-refractivity contribution >= 4 is 29.1 Å². The van der Waals surface area contributed by atoms with Crippen LogP contribution in [0, 0.1) is 12.8 Å². The third-order valence-corrected chi connectivity index (χ3v) is 4.83. The van der Waals surface area contributed by atoms with E-state index in [0.717, 1.165) is 0 Å². The van der Waals surface area contributed by atoms with Crippen molar-refractivity contribution < 1.29 is 18.8 Å². The van der Waals surface area contributed by atoms with Gasteiger partial charge in [0, 0.05) is 45.6 Å². The number of hydrogen-bond donors (Lipinski definition) is 0. The number of amides is 2. The highest BCUT2D eigenvalue weighted by atomic mass is 35.5. The fourth-order valence-electron chi connectivity index (χ4n) is 3.08. The lowest BCUT2D eigenvalue weighted by Crippen LogP contribution is -2.36. The lowest BCUT2D eigenvalue weighted by atomic mass is 10.1. The smallest absolute Gasteiger partial charge is 0.227 e. The maximum Gasteiger partial charge on any atom is 0.227 e. The lowest BCUT2D eigenvalue weighted by molar-refractivity contribution is -0.134. The number of anilines is 1. The van der Waals surface area contributed by atoms with Gasteiger partial charge in [0.25, 0.3) is 0 Å². The predicted octanol–water partition coefficient (Wildman–Crippen LogP) is 2.09. The molecule has 1 aromatic carbocycles. The summed E-state index contributed by atoms with van der Waals surface area (Å²) in [6.07, 6.45) is 0.673. The number of methoxy groups -OCH3 is 1. The van der Waals surface area contributed by atoms with Gasteiger partial charge in [0.1, 0.15) is 5.75 Å². The van der Waals surface area contributed by atoms with Crippen LogP contribution >= 0.6 is 11.6 Å². The number of hydrogen-bond acceptors (Lipinski definition) is 6. The van der Waals surface area contributed by atoms with Crippen LogP contribution in [0.15, 0.2) is 22.7 Å². The molecule has 8 nitrogen and oxygen atoms in total. The van der Waals surface area contributed by atoms with Crippen molar-refractivity contribution in [3.05, 3.63) is 34.9 Å². The van der Waals surface area contributed by atoms with E-state index < -0.39 is 5.92 Å². The van der Waals surface area contributed by atoms with Gasteiger partial charge in [-0.05, 0) is 18.2 Å². The second kappa shape index (κ2) is 7.96. The molecule has 2 heterocycles. The highest BCUT2D eigenvalue weighted by molar-refractivity contribution is 6.32. The number of halogens is 1. The van der Waals surface area contributed by atoms with Crippen LogP contribution in [0.3, 0.4) is 0 Å². The summed E-state index contributed by atoms with van der Waals surface area (Å²) in [6, 6.07) is 5.14. The molecule has 0 saturated carbocycles. The average Bonchev–Trinajstić information content (AvgIpc) is 3.24. The number of carbonyl (C=O) groups is 2. The molecule has 0 unspecified atom stereocenters. The van der Waals surface area contributed by atoms with Crippen molar-refractivity contribution in [3.63, 3.8) is 0 Å². The lowest BCUT2D eigenvalue weighted by Gasteiger charge is -2.21. The highest BCUT2D eigenvalue weighted by Gasteiger charge is 2.36. The number of aromatic nitrogens is 2. The van der Waals surface area contributed by atoms with Gasteiger partial charge in [0.2, 0.25) is 17.7 Å². The van der Waals surface area contributed by atoms with Gasteiger partial charge < -0.3 is 19.1 Å². The van der Waals surface area contributed by atoms with Gasteiger partial charge in [-0.1, -0.05) is 16.8 Å².